The Morgan fingerprint density at radius 1 is 0.420 bits per heavy atom. The molecule has 88 heavy (non-hydrogen) atoms. The van der Waals surface area contributed by atoms with Crippen molar-refractivity contribution in [2.45, 2.75) is 266 Å². The number of hydrogen-bond acceptors (Lipinski definition) is 18. The molecule has 19 heteroatoms. The van der Waals surface area contributed by atoms with Crippen molar-refractivity contribution in [2.75, 3.05) is 26.4 Å². The fourth-order valence-electron chi connectivity index (χ4n) is 9.96. The van der Waals surface area contributed by atoms with E-state index in [1.165, 1.54) is 0 Å². The summed E-state index contributed by atoms with van der Waals surface area (Å²) in [5, 5.41) is 120. The molecule has 0 spiro atoms. The van der Waals surface area contributed by atoms with Gasteiger partial charge in [0, 0.05) is 6.42 Å². The monoisotopic (exact) mass is 1240 g/mol. The fraction of sp³-hybridized carbons (Fsp3) is 0.667. The minimum atomic E-state index is -1.98. The Labute approximate surface area is 524 Å². The van der Waals surface area contributed by atoms with E-state index in [-0.39, 0.29) is 18.9 Å². The van der Waals surface area contributed by atoms with Gasteiger partial charge in [0.1, 0.15) is 73.2 Å². The van der Waals surface area contributed by atoms with E-state index >= 15 is 0 Å². The number of aliphatic hydroxyl groups excluding tert-OH is 11. The predicted molar refractivity (Wildman–Crippen MR) is 341 cm³/mol. The smallest absolute Gasteiger partial charge is 0.220 e. The van der Waals surface area contributed by atoms with Crippen LogP contribution < -0.4 is 5.32 Å². The van der Waals surface area contributed by atoms with Gasteiger partial charge in [-0.3, -0.25) is 4.79 Å². The lowest BCUT2D eigenvalue weighted by atomic mass is 9.96. The standard InChI is InChI=1S/C69H111NO18/c1-3-5-7-9-11-12-13-14-15-16-17-18-19-20-21-22-23-24-25-26-27-28-29-30-31-32-33-34-35-36-37-38-39-40-41-43-45-47-57(75)70-52(53(74)46-44-42-10-8-6-4-2)51-83-67-63(81)60(78)65(55(49-72)85-67)88-69-64(82)61(79)66(56(50-73)86-69)87-68-62(80)59(77)58(76)54(48-71)84-68/h5,7,11-12,14-15,17-18,20-21,23-24,26-27,29-30,32-33,35-36,38-39,52-56,58-69,71-74,76-82H,3-4,6,8-10,13,16,19,22,25,28,31,34,37,40-51H2,1-2H3,(H,70,75)/b7-5-,12-11-,15-14-,18-17-,21-20-,24-23-,27-26-,30-29-,33-32-,36-35-,39-38-. The SMILES string of the molecule is CC/C=C\C/C=C\C/C=C\C/C=C\C/C=C\C/C=C\C/C=C\C/C=C\C/C=C\C/C=C\C/C=C\CCCCCC(=O)NC(COC1OC(CO)C(OC2OC(CO)C(OC3OC(CO)C(O)C(O)C3O)C(O)C2O)C(O)C1O)C(O)CCCCCCCC. The van der Waals surface area contributed by atoms with Gasteiger partial charge in [-0.05, 0) is 96.3 Å². The van der Waals surface area contributed by atoms with E-state index in [2.05, 4.69) is 153 Å². The second-order valence-corrected chi connectivity index (χ2v) is 22.5. The molecular weight excluding hydrogens is 1130 g/mol. The van der Waals surface area contributed by atoms with Crippen molar-refractivity contribution in [1.82, 2.24) is 5.32 Å². The molecule has 12 N–H and O–H groups in total. The summed E-state index contributed by atoms with van der Waals surface area (Å²) in [4.78, 5) is 13.3. The molecule has 0 aromatic rings. The maximum Gasteiger partial charge on any atom is 0.220 e. The molecule has 3 fully saturated rings. The molecule has 0 aromatic heterocycles. The van der Waals surface area contributed by atoms with Crippen LogP contribution in [0, 0.1) is 0 Å². The van der Waals surface area contributed by atoms with Crippen molar-refractivity contribution in [3.63, 3.8) is 0 Å². The van der Waals surface area contributed by atoms with Crippen molar-refractivity contribution >= 4 is 5.91 Å². The Bertz CT molecular complexity index is 2120. The number of carbonyl (C=O) groups is 1. The molecule has 3 aliphatic heterocycles. The number of allylic oxidation sites excluding steroid dienone is 22. The second-order valence-electron chi connectivity index (χ2n) is 22.5. The first-order valence-electron chi connectivity index (χ1n) is 32.4. The van der Waals surface area contributed by atoms with Gasteiger partial charge in [-0.15, -0.1) is 0 Å². The van der Waals surface area contributed by atoms with Gasteiger partial charge in [0.05, 0.1) is 38.6 Å². The molecule has 0 saturated carbocycles. The first-order valence-corrected chi connectivity index (χ1v) is 32.4. The van der Waals surface area contributed by atoms with E-state index in [4.69, 9.17) is 28.4 Å². The summed E-state index contributed by atoms with van der Waals surface area (Å²) >= 11 is 0. The molecule has 3 rings (SSSR count). The normalized spacial score (nSPS) is 29.3. The predicted octanol–water partition coefficient (Wildman–Crippen LogP) is 7.43. The van der Waals surface area contributed by atoms with E-state index in [1.807, 2.05) is 0 Å². The number of rotatable bonds is 46. The molecule has 19 nitrogen and oxygen atoms in total. The zero-order chi connectivity index (χ0) is 64.0. The van der Waals surface area contributed by atoms with Gasteiger partial charge in [-0.25, -0.2) is 0 Å². The Hall–Kier alpha value is -4.07. The van der Waals surface area contributed by atoms with Crippen LogP contribution in [0.4, 0.5) is 0 Å². The third-order valence-corrected chi connectivity index (χ3v) is 15.2. The van der Waals surface area contributed by atoms with Crippen LogP contribution in [0.15, 0.2) is 134 Å². The van der Waals surface area contributed by atoms with Crippen molar-refractivity contribution in [2.24, 2.45) is 0 Å². The number of amides is 1. The van der Waals surface area contributed by atoms with Gasteiger partial charge in [-0.1, -0.05) is 192 Å². The fourth-order valence-corrected chi connectivity index (χ4v) is 9.96. The lowest BCUT2D eigenvalue weighted by molar-refractivity contribution is -0.379. The highest BCUT2D eigenvalue weighted by molar-refractivity contribution is 5.76. The van der Waals surface area contributed by atoms with Crippen LogP contribution in [-0.4, -0.2) is 193 Å². The molecule has 1 amide bonds. The van der Waals surface area contributed by atoms with Crippen LogP contribution >= 0.6 is 0 Å². The van der Waals surface area contributed by atoms with Gasteiger partial charge < -0.3 is 89.9 Å². The minimum absolute atomic E-state index is 0.215. The van der Waals surface area contributed by atoms with Crippen LogP contribution in [0.2, 0.25) is 0 Å². The quantitative estimate of drug-likeness (QED) is 0.0208. The molecule has 17 unspecified atom stereocenters. The Balaban J connectivity index is 1.33. The number of hydrogen-bond donors (Lipinski definition) is 12. The molecule has 17 atom stereocenters. The summed E-state index contributed by atoms with van der Waals surface area (Å²) in [6.45, 7) is 1.53. The molecular formula is C69H111NO18. The average molecular weight is 1240 g/mol. The zero-order valence-electron chi connectivity index (χ0n) is 52.4. The highest BCUT2D eigenvalue weighted by Crippen LogP contribution is 2.33. The minimum Gasteiger partial charge on any atom is -0.394 e. The number of aliphatic hydroxyl groups is 11. The summed E-state index contributed by atoms with van der Waals surface area (Å²) in [7, 11) is 0. The molecule has 0 bridgehead atoms. The molecule has 3 aliphatic rings. The lowest BCUT2D eigenvalue weighted by Gasteiger charge is -2.48. The number of carbonyl (C=O) groups excluding carboxylic acids is 1. The van der Waals surface area contributed by atoms with Crippen LogP contribution in [-0.2, 0) is 33.2 Å². The first-order chi connectivity index (χ1) is 42.8. The number of unbranched alkanes of at least 4 members (excludes halogenated alkanes) is 8. The van der Waals surface area contributed by atoms with Gasteiger partial charge in [0.15, 0.2) is 18.9 Å². The summed E-state index contributed by atoms with van der Waals surface area (Å²) in [6.07, 6.45) is 41.8. The van der Waals surface area contributed by atoms with Gasteiger partial charge in [0.25, 0.3) is 0 Å². The number of ether oxygens (including phenoxy) is 6. The molecule has 0 aromatic carbocycles. The summed E-state index contributed by atoms with van der Waals surface area (Å²) in [5.41, 5.74) is 0. The number of nitrogens with one attached hydrogen (secondary N) is 1. The van der Waals surface area contributed by atoms with Crippen molar-refractivity contribution in [3.8, 4) is 0 Å². The topological polar surface area (TPSA) is 307 Å². The largest absolute Gasteiger partial charge is 0.394 e. The average Bonchev–Trinajstić information content (AvgIpc) is 0.949. The van der Waals surface area contributed by atoms with Crippen molar-refractivity contribution in [1.29, 1.82) is 0 Å². The van der Waals surface area contributed by atoms with Crippen molar-refractivity contribution < 1.29 is 89.4 Å². The molecule has 3 heterocycles. The maximum atomic E-state index is 13.3. The summed E-state index contributed by atoms with van der Waals surface area (Å²) < 4.78 is 34.1. The Morgan fingerprint density at radius 3 is 1.22 bits per heavy atom. The van der Waals surface area contributed by atoms with Gasteiger partial charge in [-0.2, -0.15) is 0 Å². The second kappa shape index (κ2) is 49.6. The first kappa shape index (κ1) is 78.2. The third kappa shape index (κ3) is 31.8. The van der Waals surface area contributed by atoms with Gasteiger partial charge >= 0.3 is 0 Å². The van der Waals surface area contributed by atoms with E-state index in [1.54, 1.807) is 0 Å². The molecule has 500 valence electrons. The highest BCUT2D eigenvalue weighted by Gasteiger charge is 2.53. The zero-order valence-corrected chi connectivity index (χ0v) is 52.4. The highest BCUT2D eigenvalue weighted by atomic mass is 16.8. The molecule has 3 saturated heterocycles. The molecule has 0 radical (unpaired) electrons. The van der Waals surface area contributed by atoms with E-state index in [9.17, 15) is 61.0 Å². The Kier molecular flexibility index (Phi) is 44.1. The summed E-state index contributed by atoms with van der Waals surface area (Å²) in [5.74, 6) is -0.288. The van der Waals surface area contributed by atoms with E-state index in [0.29, 0.717) is 19.3 Å². The Morgan fingerprint density at radius 2 is 0.784 bits per heavy atom. The van der Waals surface area contributed by atoms with Crippen LogP contribution in [0.3, 0.4) is 0 Å². The van der Waals surface area contributed by atoms with Crippen LogP contribution in [0.1, 0.15) is 162 Å². The van der Waals surface area contributed by atoms with Crippen LogP contribution in [0.25, 0.3) is 0 Å². The summed E-state index contributed by atoms with van der Waals surface area (Å²) in [6, 6.07) is -0.912. The van der Waals surface area contributed by atoms with E-state index in [0.717, 1.165) is 122 Å². The third-order valence-electron chi connectivity index (χ3n) is 15.2. The molecule has 0 aliphatic carbocycles. The lowest BCUT2D eigenvalue weighted by Crippen LogP contribution is -2.66. The maximum absolute atomic E-state index is 13.3. The van der Waals surface area contributed by atoms with E-state index < -0.39 is 124 Å². The van der Waals surface area contributed by atoms with Gasteiger partial charge in [0.2, 0.25) is 5.91 Å². The van der Waals surface area contributed by atoms with Crippen molar-refractivity contribution in [3.05, 3.63) is 134 Å². The van der Waals surface area contributed by atoms with Crippen LogP contribution in [0.5, 0.6) is 0 Å².